The molecule has 1 saturated heterocycles. The topological polar surface area (TPSA) is 82.7 Å². The summed E-state index contributed by atoms with van der Waals surface area (Å²) >= 11 is 6.09. The van der Waals surface area contributed by atoms with Crippen molar-refractivity contribution in [1.82, 2.24) is 20.5 Å². The molecule has 0 saturated carbocycles. The lowest BCUT2D eigenvalue weighted by Crippen LogP contribution is -2.35. The van der Waals surface area contributed by atoms with Crippen molar-refractivity contribution in [3.63, 3.8) is 0 Å². The zero-order valence-corrected chi connectivity index (χ0v) is 12.7. The van der Waals surface area contributed by atoms with Crippen LogP contribution in [0.4, 0.5) is 5.95 Å². The number of aromatic nitrogens is 3. The molecule has 0 aliphatic carbocycles. The van der Waals surface area contributed by atoms with Crippen molar-refractivity contribution >= 4 is 35.9 Å². The molecule has 3 N–H and O–H groups in total. The molecule has 1 aliphatic heterocycles. The van der Waals surface area contributed by atoms with Crippen LogP contribution in [0.1, 0.15) is 12.8 Å². The van der Waals surface area contributed by atoms with Gasteiger partial charge in [0.1, 0.15) is 0 Å². The van der Waals surface area contributed by atoms with Crippen LogP contribution in [0.3, 0.4) is 0 Å². The third-order valence-electron chi connectivity index (χ3n) is 3.23. The number of anilines is 1. The van der Waals surface area contributed by atoms with Gasteiger partial charge in [-0.2, -0.15) is 4.98 Å². The van der Waals surface area contributed by atoms with Gasteiger partial charge in [0.15, 0.2) is 5.82 Å². The standard InChI is InChI=1S/C13H14ClN5O.ClH/c14-9-5-2-1-4-8(9)11-16-13(19-18-11)17-12(20)10-6-3-7-15-10;/h1-2,4-5,10,15H,3,6-7H2,(H2,16,17,18,19,20);1H. The van der Waals surface area contributed by atoms with E-state index in [9.17, 15) is 4.79 Å². The number of amides is 1. The molecule has 2 heterocycles. The van der Waals surface area contributed by atoms with Gasteiger partial charge in [-0.3, -0.25) is 15.2 Å². The van der Waals surface area contributed by atoms with E-state index in [2.05, 4.69) is 25.8 Å². The van der Waals surface area contributed by atoms with Crippen LogP contribution in [-0.4, -0.2) is 33.7 Å². The fourth-order valence-electron chi connectivity index (χ4n) is 2.20. The number of rotatable bonds is 3. The number of hydrogen-bond donors (Lipinski definition) is 3. The maximum atomic E-state index is 11.9. The summed E-state index contributed by atoms with van der Waals surface area (Å²) in [5.41, 5.74) is 0.751. The predicted octanol–water partition coefficient (Wildman–Crippen LogP) is 2.24. The molecule has 1 aromatic carbocycles. The summed E-state index contributed by atoms with van der Waals surface area (Å²) in [5, 5.41) is 13.2. The normalized spacial score (nSPS) is 17.3. The SMILES string of the molecule is Cl.O=C(Nc1n[nH]c(-c2ccccc2Cl)n1)C1CCCN1. The van der Waals surface area contributed by atoms with Crippen LogP contribution in [0.25, 0.3) is 11.4 Å². The highest BCUT2D eigenvalue weighted by Gasteiger charge is 2.23. The molecule has 3 rings (SSSR count). The average molecular weight is 328 g/mol. The Labute approximate surface area is 133 Å². The molecule has 1 aromatic heterocycles. The average Bonchev–Trinajstić information content (AvgIpc) is 3.10. The zero-order chi connectivity index (χ0) is 13.9. The highest BCUT2D eigenvalue weighted by Crippen LogP contribution is 2.24. The van der Waals surface area contributed by atoms with E-state index in [0.717, 1.165) is 24.9 Å². The number of carbonyl (C=O) groups is 1. The first-order valence-electron chi connectivity index (χ1n) is 6.45. The summed E-state index contributed by atoms with van der Waals surface area (Å²) < 4.78 is 0. The van der Waals surface area contributed by atoms with Gasteiger partial charge in [0.05, 0.1) is 11.1 Å². The Morgan fingerprint density at radius 2 is 2.19 bits per heavy atom. The summed E-state index contributed by atoms with van der Waals surface area (Å²) in [6, 6.07) is 7.17. The Bertz CT molecular complexity index is 625. The van der Waals surface area contributed by atoms with Crippen molar-refractivity contribution in [3.05, 3.63) is 29.3 Å². The van der Waals surface area contributed by atoms with Crippen molar-refractivity contribution in [3.8, 4) is 11.4 Å². The zero-order valence-electron chi connectivity index (χ0n) is 11.1. The van der Waals surface area contributed by atoms with Gasteiger partial charge in [-0.15, -0.1) is 17.5 Å². The van der Waals surface area contributed by atoms with Crippen molar-refractivity contribution in [2.75, 3.05) is 11.9 Å². The lowest BCUT2D eigenvalue weighted by Gasteiger charge is -2.07. The minimum absolute atomic E-state index is 0. The molecule has 0 spiro atoms. The van der Waals surface area contributed by atoms with E-state index in [1.54, 1.807) is 6.07 Å². The molecule has 2 aromatic rings. The van der Waals surface area contributed by atoms with Gasteiger partial charge in [0.25, 0.3) is 0 Å². The fraction of sp³-hybridized carbons (Fsp3) is 0.308. The maximum absolute atomic E-state index is 11.9. The van der Waals surface area contributed by atoms with Crippen molar-refractivity contribution in [2.45, 2.75) is 18.9 Å². The van der Waals surface area contributed by atoms with Gasteiger partial charge >= 0.3 is 0 Å². The third-order valence-corrected chi connectivity index (χ3v) is 3.56. The van der Waals surface area contributed by atoms with Crippen LogP contribution in [0.15, 0.2) is 24.3 Å². The van der Waals surface area contributed by atoms with Crippen molar-refractivity contribution in [2.24, 2.45) is 0 Å². The minimum atomic E-state index is -0.155. The number of aromatic amines is 1. The quantitative estimate of drug-likeness (QED) is 0.807. The Kier molecular flexibility index (Phi) is 5.17. The van der Waals surface area contributed by atoms with Crippen LogP contribution in [0.2, 0.25) is 5.02 Å². The highest BCUT2D eigenvalue weighted by atomic mass is 35.5. The summed E-state index contributed by atoms with van der Waals surface area (Å²) in [5.74, 6) is 0.691. The molecule has 8 heteroatoms. The van der Waals surface area contributed by atoms with Crippen LogP contribution in [-0.2, 0) is 4.79 Å². The van der Waals surface area contributed by atoms with E-state index in [1.165, 1.54) is 0 Å². The van der Waals surface area contributed by atoms with Gasteiger partial charge in [-0.1, -0.05) is 23.7 Å². The van der Waals surface area contributed by atoms with E-state index in [-0.39, 0.29) is 30.3 Å². The number of carbonyl (C=O) groups excluding carboxylic acids is 1. The Hall–Kier alpha value is -1.63. The summed E-state index contributed by atoms with van der Waals surface area (Å²) in [4.78, 5) is 16.2. The van der Waals surface area contributed by atoms with Gasteiger partial charge in [-0.05, 0) is 31.5 Å². The smallest absolute Gasteiger partial charge is 0.249 e. The highest BCUT2D eigenvalue weighted by molar-refractivity contribution is 6.33. The number of H-pyrrole nitrogens is 1. The van der Waals surface area contributed by atoms with Gasteiger partial charge in [0.2, 0.25) is 11.9 Å². The molecule has 112 valence electrons. The molecule has 1 amide bonds. The van der Waals surface area contributed by atoms with E-state index < -0.39 is 0 Å². The molecule has 0 radical (unpaired) electrons. The minimum Gasteiger partial charge on any atom is -0.306 e. The van der Waals surface area contributed by atoms with E-state index in [0.29, 0.717) is 10.8 Å². The lowest BCUT2D eigenvalue weighted by molar-refractivity contribution is -0.117. The number of benzene rings is 1. The summed E-state index contributed by atoms with van der Waals surface area (Å²) in [6.07, 6.45) is 1.85. The van der Waals surface area contributed by atoms with Crippen LogP contribution < -0.4 is 10.6 Å². The molecule has 1 aliphatic rings. The largest absolute Gasteiger partial charge is 0.306 e. The molecule has 1 fully saturated rings. The number of nitrogens with one attached hydrogen (secondary N) is 3. The summed E-state index contributed by atoms with van der Waals surface area (Å²) in [7, 11) is 0. The number of halogens is 2. The lowest BCUT2D eigenvalue weighted by atomic mass is 10.2. The monoisotopic (exact) mass is 327 g/mol. The second-order valence-electron chi connectivity index (χ2n) is 4.63. The molecular formula is C13H15Cl2N5O. The molecular weight excluding hydrogens is 313 g/mol. The molecule has 0 bridgehead atoms. The first-order valence-corrected chi connectivity index (χ1v) is 6.83. The van der Waals surface area contributed by atoms with E-state index >= 15 is 0 Å². The Morgan fingerprint density at radius 1 is 1.38 bits per heavy atom. The third kappa shape index (κ3) is 3.53. The van der Waals surface area contributed by atoms with Crippen molar-refractivity contribution in [1.29, 1.82) is 0 Å². The first kappa shape index (κ1) is 15.8. The number of nitrogens with zero attached hydrogens (tertiary/aromatic N) is 2. The van der Waals surface area contributed by atoms with Crippen LogP contribution >= 0.6 is 24.0 Å². The Morgan fingerprint density at radius 3 is 2.90 bits per heavy atom. The van der Waals surface area contributed by atoms with Crippen LogP contribution in [0.5, 0.6) is 0 Å². The molecule has 1 atom stereocenters. The van der Waals surface area contributed by atoms with Gasteiger partial charge in [-0.25, -0.2) is 0 Å². The van der Waals surface area contributed by atoms with Gasteiger partial charge < -0.3 is 5.32 Å². The Balaban J connectivity index is 0.00000161. The second-order valence-corrected chi connectivity index (χ2v) is 5.03. The molecule has 6 nitrogen and oxygen atoms in total. The molecule has 21 heavy (non-hydrogen) atoms. The fourth-order valence-corrected chi connectivity index (χ4v) is 2.42. The second kappa shape index (κ2) is 6.89. The van der Waals surface area contributed by atoms with Crippen LogP contribution in [0, 0.1) is 0 Å². The predicted molar refractivity (Wildman–Crippen MR) is 83.7 cm³/mol. The number of hydrogen-bond acceptors (Lipinski definition) is 4. The van der Waals surface area contributed by atoms with E-state index in [4.69, 9.17) is 11.6 Å². The van der Waals surface area contributed by atoms with Gasteiger partial charge in [0, 0.05) is 5.56 Å². The maximum Gasteiger partial charge on any atom is 0.249 e. The molecule has 1 unspecified atom stereocenters. The first-order chi connectivity index (χ1) is 9.74. The van der Waals surface area contributed by atoms with E-state index in [1.807, 2.05) is 18.2 Å². The van der Waals surface area contributed by atoms with Crippen molar-refractivity contribution < 1.29 is 4.79 Å². The summed E-state index contributed by atoms with van der Waals surface area (Å²) in [6.45, 7) is 0.872.